The zero-order chi connectivity index (χ0) is 16.4. The summed E-state index contributed by atoms with van der Waals surface area (Å²) >= 11 is 1.65. The molecular weight excluding hydrogens is 324 g/mol. The van der Waals surface area contributed by atoms with Crippen molar-refractivity contribution in [3.8, 4) is 0 Å². The van der Waals surface area contributed by atoms with Crippen molar-refractivity contribution < 1.29 is 9.53 Å². The van der Waals surface area contributed by atoms with E-state index in [9.17, 15) is 4.79 Å². The standard InChI is InChI=1S/C17H20N4O2S/c22-17(20-12-2-1-4-18-8-12)14-9-21(11-16-19-5-7-24-16)10-15-13(14)3-6-23-15/h1-2,4-5,7-8,13-15H,3,6,9-11H2,(H,20,22)/t13-,14-,15+/m0/s1. The Morgan fingerprint density at radius 1 is 1.42 bits per heavy atom. The molecule has 0 bridgehead atoms. The summed E-state index contributed by atoms with van der Waals surface area (Å²) in [6, 6.07) is 3.69. The number of aromatic nitrogens is 2. The van der Waals surface area contributed by atoms with Crippen molar-refractivity contribution in [3.63, 3.8) is 0 Å². The summed E-state index contributed by atoms with van der Waals surface area (Å²) in [6.07, 6.45) is 6.30. The average molecular weight is 344 g/mol. The minimum atomic E-state index is -0.0635. The lowest BCUT2D eigenvalue weighted by Crippen LogP contribution is -2.51. The molecule has 2 aromatic rings. The smallest absolute Gasteiger partial charge is 0.229 e. The van der Waals surface area contributed by atoms with Gasteiger partial charge < -0.3 is 10.1 Å². The van der Waals surface area contributed by atoms with Gasteiger partial charge in [-0.05, 0) is 18.6 Å². The Labute approximate surface area is 144 Å². The number of anilines is 1. The van der Waals surface area contributed by atoms with Gasteiger partial charge in [-0.3, -0.25) is 14.7 Å². The first-order valence-electron chi connectivity index (χ1n) is 8.23. The molecule has 4 heterocycles. The molecule has 2 aromatic heterocycles. The van der Waals surface area contributed by atoms with Crippen LogP contribution < -0.4 is 5.32 Å². The van der Waals surface area contributed by atoms with Gasteiger partial charge in [0.2, 0.25) is 5.91 Å². The van der Waals surface area contributed by atoms with E-state index in [1.807, 2.05) is 23.7 Å². The predicted molar refractivity (Wildman–Crippen MR) is 91.6 cm³/mol. The van der Waals surface area contributed by atoms with Crippen LogP contribution in [0.5, 0.6) is 0 Å². The third-order valence-corrected chi connectivity index (χ3v) is 5.54. The van der Waals surface area contributed by atoms with Gasteiger partial charge in [-0.2, -0.15) is 0 Å². The number of piperidine rings is 1. The number of likely N-dealkylation sites (tertiary alicyclic amines) is 1. The SMILES string of the molecule is O=C(Nc1cccnc1)[C@H]1CN(Cc2nccs2)C[C@H]2OCC[C@@H]12. The minimum absolute atomic E-state index is 0.0624. The van der Waals surface area contributed by atoms with Crippen LogP contribution in [0.2, 0.25) is 0 Å². The number of nitrogens with zero attached hydrogens (tertiary/aromatic N) is 3. The Balaban J connectivity index is 1.48. The third kappa shape index (κ3) is 3.33. The molecule has 0 saturated carbocycles. The van der Waals surface area contributed by atoms with Crippen LogP contribution >= 0.6 is 11.3 Å². The summed E-state index contributed by atoms with van der Waals surface area (Å²) in [5, 5.41) is 6.08. The van der Waals surface area contributed by atoms with E-state index in [4.69, 9.17) is 4.74 Å². The van der Waals surface area contributed by atoms with E-state index in [0.717, 1.165) is 43.4 Å². The van der Waals surface area contributed by atoms with E-state index in [1.165, 1.54) is 0 Å². The van der Waals surface area contributed by atoms with Crippen molar-refractivity contribution in [2.24, 2.45) is 11.8 Å². The van der Waals surface area contributed by atoms with Crippen LogP contribution in [0.1, 0.15) is 11.4 Å². The zero-order valence-corrected chi connectivity index (χ0v) is 14.1. The lowest BCUT2D eigenvalue weighted by molar-refractivity contribution is -0.125. The van der Waals surface area contributed by atoms with Gasteiger partial charge in [0.1, 0.15) is 5.01 Å². The third-order valence-electron chi connectivity index (χ3n) is 4.78. The summed E-state index contributed by atoms with van der Waals surface area (Å²) in [5.41, 5.74) is 0.745. The maximum atomic E-state index is 12.8. The number of rotatable bonds is 4. The van der Waals surface area contributed by atoms with Crippen molar-refractivity contribution in [2.45, 2.75) is 19.1 Å². The molecule has 24 heavy (non-hydrogen) atoms. The van der Waals surface area contributed by atoms with Gasteiger partial charge in [-0.1, -0.05) is 0 Å². The molecule has 2 fully saturated rings. The maximum Gasteiger partial charge on any atom is 0.229 e. The second-order valence-corrected chi connectivity index (χ2v) is 7.30. The fraction of sp³-hybridized carbons (Fsp3) is 0.471. The van der Waals surface area contributed by atoms with Crippen LogP contribution in [0.15, 0.2) is 36.1 Å². The number of nitrogens with one attached hydrogen (secondary N) is 1. The molecule has 0 aliphatic carbocycles. The maximum absolute atomic E-state index is 12.8. The molecule has 2 aliphatic rings. The minimum Gasteiger partial charge on any atom is -0.377 e. The van der Waals surface area contributed by atoms with Gasteiger partial charge in [-0.15, -0.1) is 11.3 Å². The highest BCUT2D eigenvalue weighted by Gasteiger charge is 2.44. The molecule has 0 radical (unpaired) electrons. The second-order valence-electron chi connectivity index (χ2n) is 6.32. The number of carbonyl (C=O) groups is 1. The van der Waals surface area contributed by atoms with Gasteiger partial charge in [0.15, 0.2) is 0 Å². The molecule has 1 N–H and O–H groups in total. The monoisotopic (exact) mass is 344 g/mol. The normalized spacial score (nSPS) is 26.9. The van der Waals surface area contributed by atoms with Crippen LogP contribution in [0.25, 0.3) is 0 Å². The Kier molecular flexibility index (Phi) is 4.55. The lowest BCUT2D eigenvalue weighted by atomic mass is 9.82. The van der Waals surface area contributed by atoms with E-state index in [2.05, 4.69) is 20.2 Å². The first-order valence-corrected chi connectivity index (χ1v) is 9.11. The van der Waals surface area contributed by atoms with E-state index in [-0.39, 0.29) is 17.9 Å². The molecule has 0 aromatic carbocycles. The topological polar surface area (TPSA) is 67.4 Å². The van der Waals surface area contributed by atoms with Gasteiger partial charge in [0.05, 0.1) is 30.5 Å². The number of carbonyl (C=O) groups excluding carboxylic acids is 1. The van der Waals surface area contributed by atoms with Crippen molar-refractivity contribution in [2.75, 3.05) is 25.0 Å². The lowest BCUT2D eigenvalue weighted by Gasteiger charge is -2.38. The largest absolute Gasteiger partial charge is 0.377 e. The molecule has 0 spiro atoms. The Morgan fingerprint density at radius 2 is 2.38 bits per heavy atom. The highest BCUT2D eigenvalue weighted by molar-refractivity contribution is 7.09. The van der Waals surface area contributed by atoms with E-state index in [0.29, 0.717) is 5.92 Å². The molecule has 7 heteroatoms. The van der Waals surface area contributed by atoms with Crippen molar-refractivity contribution in [3.05, 3.63) is 41.1 Å². The number of thiazole rings is 1. The number of hydrogen-bond donors (Lipinski definition) is 1. The number of amides is 1. The summed E-state index contributed by atoms with van der Waals surface area (Å²) in [6.45, 7) is 3.15. The quantitative estimate of drug-likeness (QED) is 0.919. The molecule has 126 valence electrons. The number of fused-ring (bicyclic) bond motifs is 1. The van der Waals surface area contributed by atoms with Gasteiger partial charge in [-0.25, -0.2) is 4.98 Å². The predicted octanol–water partition coefficient (Wildman–Crippen LogP) is 2.01. The molecular formula is C17H20N4O2S. The Bertz CT molecular complexity index is 679. The first kappa shape index (κ1) is 15.7. The average Bonchev–Trinajstić information content (AvgIpc) is 3.26. The summed E-state index contributed by atoms with van der Waals surface area (Å²) in [5.74, 6) is 0.299. The second kappa shape index (κ2) is 6.96. The summed E-state index contributed by atoms with van der Waals surface area (Å²) in [7, 11) is 0. The van der Waals surface area contributed by atoms with Crippen LogP contribution in [0, 0.1) is 11.8 Å². The van der Waals surface area contributed by atoms with Crippen LogP contribution in [-0.2, 0) is 16.1 Å². The van der Waals surface area contributed by atoms with Crippen LogP contribution in [-0.4, -0.2) is 46.6 Å². The van der Waals surface area contributed by atoms with Crippen LogP contribution in [0.3, 0.4) is 0 Å². The van der Waals surface area contributed by atoms with E-state index >= 15 is 0 Å². The highest BCUT2D eigenvalue weighted by Crippen LogP contribution is 2.35. The fourth-order valence-electron chi connectivity index (χ4n) is 3.66. The molecule has 2 aliphatic heterocycles. The summed E-state index contributed by atoms with van der Waals surface area (Å²) < 4.78 is 5.89. The fourth-order valence-corrected chi connectivity index (χ4v) is 4.31. The molecule has 1 amide bonds. The Hall–Kier alpha value is -1.83. The first-order chi connectivity index (χ1) is 11.8. The highest BCUT2D eigenvalue weighted by atomic mass is 32.1. The van der Waals surface area contributed by atoms with E-state index in [1.54, 1.807) is 23.7 Å². The number of ether oxygens (including phenoxy) is 1. The number of pyridine rings is 1. The molecule has 4 rings (SSSR count). The van der Waals surface area contributed by atoms with Gasteiger partial charge >= 0.3 is 0 Å². The number of hydrogen-bond acceptors (Lipinski definition) is 6. The van der Waals surface area contributed by atoms with Crippen LogP contribution in [0.4, 0.5) is 5.69 Å². The van der Waals surface area contributed by atoms with E-state index < -0.39 is 0 Å². The summed E-state index contributed by atoms with van der Waals surface area (Å²) in [4.78, 5) is 23.5. The molecule has 3 atom stereocenters. The Morgan fingerprint density at radius 3 is 3.17 bits per heavy atom. The van der Waals surface area contributed by atoms with Gasteiger partial charge in [0.25, 0.3) is 0 Å². The van der Waals surface area contributed by atoms with Crippen molar-refractivity contribution in [1.29, 1.82) is 0 Å². The zero-order valence-electron chi connectivity index (χ0n) is 13.3. The van der Waals surface area contributed by atoms with Crippen molar-refractivity contribution in [1.82, 2.24) is 14.9 Å². The van der Waals surface area contributed by atoms with Gasteiger partial charge in [0, 0.05) is 43.4 Å². The molecule has 0 unspecified atom stereocenters. The molecule has 6 nitrogen and oxygen atoms in total. The van der Waals surface area contributed by atoms with Crippen molar-refractivity contribution >= 4 is 22.9 Å². The molecule has 2 saturated heterocycles.